The van der Waals surface area contributed by atoms with E-state index in [9.17, 15) is 0 Å². The molecule has 0 aliphatic carbocycles. The van der Waals surface area contributed by atoms with Gasteiger partial charge in [0.05, 0.1) is 0 Å². The summed E-state index contributed by atoms with van der Waals surface area (Å²) in [4.78, 5) is 0. The van der Waals surface area contributed by atoms with Crippen LogP contribution in [0.15, 0.2) is 60.7 Å². The fraction of sp³-hybridized carbons (Fsp3) is 0.250. The van der Waals surface area contributed by atoms with E-state index < -0.39 is 5.99 Å². The maximum atomic E-state index is 7.19. The second kappa shape index (κ2) is 7.30. The van der Waals surface area contributed by atoms with Gasteiger partial charge in [0, 0.05) is 0 Å². The van der Waals surface area contributed by atoms with Crippen LogP contribution in [0.3, 0.4) is 0 Å². The van der Waals surface area contributed by atoms with E-state index in [1.165, 1.54) is 28.5 Å². The third kappa shape index (κ3) is 3.73. The van der Waals surface area contributed by atoms with Crippen LogP contribution in [-0.2, 0) is 0 Å². The molecule has 0 heterocycles. The van der Waals surface area contributed by atoms with E-state index in [2.05, 4.69) is 67.6 Å². The fourth-order valence-electron chi connectivity index (χ4n) is 2.00. The van der Waals surface area contributed by atoms with E-state index in [0.717, 1.165) is 0 Å². The summed E-state index contributed by atoms with van der Waals surface area (Å²) >= 11 is 7.69. The van der Waals surface area contributed by atoms with Crippen molar-refractivity contribution >= 4 is 41.8 Å². The molecular formula is C16H19ClSeSi. The third-order valence-corrected chi connectivity index (χ3v) is 16.2. The molecule has 0 unspecified atom stereocenters. The molecular weight excluding hydrogens is 335 g/mol. The second-order valence-corrected chi connectivity index (χ2v) is 16.9. The molecule has 0 bridgehead atoms. The Balaban J connectivity index is 2.33. The van der Waals surface area contributed by atoms with Crippen LogP contribution in [0.1, 0.15) is 19.8 Å². The molecule has 0 saturated carbocycles. The molecule has 0 spiro atoms. The van der Waals surface area contributed by atoms with Gasteiger partial charge in [0.25, 0.3) is 0 Å². The second-order valence-electron chi connectivity index (χ2n) is 4.53. The average Bonchev–Trinajstić information content (AvgIpc) is 2.49. The topological polar surface area (TPSA) is 0 Å². The first-order valence-electron chi connectivity index (χ1n) is 6.71. The van der Waals surface area contributed by atoms with Crippen molar-refractivity contribution in [2.45, 2.75) is 25.1 Å². The van der Waals surface area contributed by atoms with Crippen molar-refractivity contribution in [2.24, 2.45) is 0 Å². The maximum absolute atomic E-state index is 7.19. The van der Waals surface area contributed by atoms with E-state index in [0.29, 0.717) is 14.3 Å². The molecule has 0 aromatic heterocycles. The summed E-state index contributed by atoms with van der Waals surface area (Å²) in [6, 6.07) is 21.4. The van der Waals surface area contributed by atoms with Gasteiger partial charge in [-0.1, -0.05) is 0 Å². The summed E-state index contributed by atoms with van der Waals surface area (Å²) in [7, 11) is 0. The van der Waals surface area contributed by atoms with Crippen LogP contribution in [0, 0.1) is 0 Å². The number of hydrogen-bond acceptors (Lipinski definition) is 0. The van der Waals surface area contributed by atoms with Crippen molar-refractivity contribution in [3.63, 3.8) is 0 Å². The zero-order chi connectivity index (χ0) is 13.6. The Morgan fingerprint density at radius 3 is 1.79 bits per heavy atom. The Morgan fingerprint density at radius 1 is 0.895 bits per heavy atom. The number of benzene rings is 2. The van der Waals surface area contributed by atoms with E-state index in [1.807, 2.05) is 0 Å². The van der Waals surface area contributed by atoms with Crippen LogP contribution >= 0.6 is 11.1 Å². The van der Waals surface area contributed by atoms with Crippen molar-refractivity contribution in [3.8, 4) is 0 Å². The van der Waals surface area contributed by atoms with Gasteiger partial charge in [-0.2, -0.15) is 0 Å². The van der Waals surface area contributed by atoms with Gasteiger partial charge in [0.1, 0.15) is 0 Å². The van der Waals surface area contributed by atoms with Crippen molar-refractivity contribution < 1.29 is 0 Å². The molecule has 3 heteroatoms. The summed E-state index contributed by atoms with van der Waals surface area (Å²) in [6.45, 7) is 2.25. The van der Waals surface area contributed by atoms with E-state index in [-0.39, 0.29) is 0 Å². The number of rotatable bonds is 6. The molecule has 0 amide bonds. The van der Waals surface area contributed by atoms with Gasteiger partial charge in [-0.25, -0.2) is 0 Å². The van der Waals surface area contributed by atoms with Crippen molar-refractivity contribution in [1.29, 1.82) is 0 Å². The molecule has 2 rings (SSSR count). The molecule has 2 aromatic rings. The van der Waals surface area contributed by atoms with E-state index in [4.69, 9.17) is 11.1 Å². The van der Waals surface area contributed by atoms with Gasteiger partial charge in [-0.05, 0) is 0 Å². The molecule has 0 saturated heterocycles. The minimum absolute atomic E-state index is 0.493. The Labute approximate surface area is 127 Å². The Kier molecular flexibility index (Phi) is 5.71. The molecule has 0 aliphatic heterocycles. The normalized spacial score (nSPS) is 11.5. The van der Waals surface area contributed by atoms with Crippen molar-refractivity contribution in [2.75, 3.05) is 0 Å². The van der Waals surface area contributed by atoms with Crippen LogP contribution in [0.25, 0.3) is 0 Å². The molecule has 0 atom stereocenters. The zero-order valence-corrected chi connectivity index (χ0v) is 14.7. The van der Waals surface area contributed by atoms with Crippen LogP contribution in [-0.4, -0.2) is 20.3 Å². The standard InChI is InChI=1S/C16H19ClSeSi/c1-2-3-14-18-19(17,15-10-6-4-7-11-15)16-12-8-5-9-13-16/h4-13H,2-3,14H2,1H3. The molecule has 0 radical (unpaired) electrons. The first-order valence-corrected chi connectivity index (χ1v) is 13.4. The first kappa shape index (κ1) is 14.9. The van der Waals surface area contributed by atoms with E-state index >= 15 is 0 Å². The summed E-state index contributed by atoms with van der Waals surface area (Å²) in [5.74, 6) is -2.00. The summed E-state index contributed by atoms with van der Waals surface area (Å²) in [5, 5.41) is 4.00. The predicted molar refractivity (Wildman–Crippen MR) is 89.2 cm³/mol. The Hall–Kier alpha value is -0.534. The fourth-order valence-corrected chi connectivity index (χ4v) is 13.4. The molecule has 2 aromatic carbocycles. The van der Waals surface area contributed by atoms with Gasteiger partial charge in [0.15, 0.2) is 0 Å². The first-order chi connectivity index (χ1) is 9.27. The molecule has 100 valence electrons. The Bertz CT molecular complexity index is 447. The molecule has 0 aliphatic rings. The third-order valence-electron chi connectivity index (χ3n) is 3.09. The van der Waals surface area contributed by atoms with Crippen LogP contribution in [0.5, 0.6) is 0 Å². The zero-order valence-electron chi connectivity index (χ0n) is 11.2. The predicted octanol–water partition coefficient (Wildman–Crippen LogP) is 3.40. The average molecular weight is 354 g/mol. The SMILES string of the molecule is CCCC[Se][Si](Cl)(c1ccccc1)c1ccccc1. The monoisotopic (exact) mass is 354 g/mol. The minimum atomic E-state index is -2.00. The number of halogens is 1. The quantitative estimate of drug-likeness (QED) is 0.424. The van der Waals surface area contributed by atoms with Crippen molar-refractivity contribution in [1.82, 2.24) is 0 Å². The summed E-state index contributed by atoms with van der Waals surface area (Å²) < 4.78 is 0. The van der Waals surface area contributed by atoms with Gasteiger partial charge in [-0.3, -0.25) is 0 Å². The summed E-state index contributed by atoms with van der Waals surface area (Å²) in [5.41, 5.74) is 0. The number of hydrogen-bond donors (Lipinski definition) is 0. The molecule has 0 nitrogen and oxygen atoms in total. The van der Waals surface area contributed by atoms with Crippen molar-refractivity contribution in [3.05, 3.63) is 60.7 Å². The van der Waals surface area contributed by atoms with Gasteiger partial charge >= 0.3 is 128 Å². The van der Waals surface area contributed by atoms with Crippen LogP contribution < -0.4 is 10.4 Å². The van der Waals surface area contributed by atoms with Gasteiger partial charge in [-0.15, -0.1) is 0 Å². The van der Waals surface area contributed by atoms with E-state index in [1.54, 1.807) is 0 Å². The Morgan fingerprint density at radius 2 is 1.37 bits per heavy atom. The molecule has 0 fully saturated rings. The molecule has 0 N–H and O–H groups in total. The van der Waals surface area contributed by atoms with Crippen LogP contribution in [0.2, 0.25) is 5.32 Å². The summed E-state index contributed by atoms with van der Waals surface area (Å²) in [6.07, 6.45) is 2.55. The molecule has 19 heavy (non-hydrogen) atoms. The number of unbranched alkanes of at least 4 members (excludes halogenated alkanes) is 1. The van der Waals surface area contributed by atoms with Gasteiger partial charge in [0.2, 0.25) is 0 Å². The van der Waals surface area contributed by atoms with Gasteiger partial charge < -0.3 is 0 Å². The van der Waals surface area contributed by atoms with Crippen LogP contribution in [0.4, 0.5) is 0 Å².